The van der Waals surface area contributed by atoms with Gasteiger partial charge in [-0.25, -0.2) is 0 Å². The maximum absolute atomic E-state index is 5.69. The summed E-state index contributed by atoms with van der Waals surface area (Å²) >= 11 is 0. The van der Waals surface area contributed by atoms with Crippen LogP contribution in [0.5, 0.6) is 0 Å². The molecule has 1 heterocycles. The van der Waals surface area contributed by atoms with Gasteiger partial charge in [0.25, 0.3) is 0 Å². The average molecular weight is 170 g/mol. The normalized spacial score (nSPS) is 22.5. The maximum Gasteiger partial charge on any atom is 0.00109 e. The molecule has 1 fully saturated rings. The third-order valence-electron chi connectivity index (χ3n) is 2.58. The molecule has 1 unspecified atom stereocenters. The molecule has 1 atom stereocenters. The molecule has 72 valence electrons. The highest BCUT2D eigenvalue weighted by atomic mass is 15.1. The van der Waals surface area contributed by atoms with Gasteiger partial charge in [0.15, 0.2) is 0 Å². The first-order chi connectivity index (χ1) is 5.79. The number of likely N-dealkylation sites (tertiary alicyclic amines) is 1. The second kappa shape index (κ2) is 5.55. The zero-order valence-corrected chi connectivity index (χ0v) is 8.26. The number of nitrogens with zero attached hydrogens (tertiary/aromatic N) is 1. The van der Waals surface area contributed by atoms with Gasteiger partial charge in [-0.15, -0.1) is 0 Å². The summed E-state index contributed by atoms with van der Waals surface area (Å²) in [4.78, 5) is 2.58. The Balaban J connectivity index is 1.98. The van der Waals surface area contributed by atoms with Crippen molar-refractivity contribution in [2.75, 3.05) is 19.6 Å². The Labute approximate surface area is 76.1 Å². The Hall–Kier alpha value is -0.0800. The molecule has 0 aromatic rings. The van der Waals surface area contributed by atoms with Crippen molar-refractivity contribution in [3.8, 4) is 0 Å². The fraction of sp³-hybridized carbons (Fsp3) is 1.00. The Morgan fingerprint density at radius 1 is 1.25 bits per heavy atom. The first-order valence-electron chi connectivity index (χ1n) is 5.27. The van der Waals surface area contributed by atoms with E-state index in [0.29, 0.717) is 6.04 Å². The van der Waals surface area contributed by atoms with Gasteiger partial charge in [-0.3, -0.25) is 0 Å². The van der Waals surface area contributed by atoms with Gasteiger partial charge in [0.2, 0.25) is 0 Å². The number of hydrogen-bond acceptors (Lipinski definition) is 2. The molecule has 1 rings (SSSR count). The highest BCUT2D eigenvalue weighted by Gasteiger charge is 2.08. The van der Waals surface area contributed by atoms with Crippen LogP contribution in [-0.4, -0.2) is 30.6 Å². The molecule has 0 aromatic carbocycles. The first-order valence-corrected chi connectivity index (χ1v) is 5.27. The Morgan fingerprint density at radius 3 is 2.50 bits per heavy atom. The molecular formula is C10H22N2. The maximum atomic E-state index is 5.69. The van der Waals surface area contributed by atoms with Gasteiger partial charge < -0.3 is 10.6 Å². The molecule has 2 N–H and O–H groups in total. The summed E-state index contributed by atoms with van der Waals surface area (Å²) in [5.74, 6) is 0. The Kier molecular flexibility index (Phi) is 4.62. The van der Waals surface area contributed by atoms with Gasteiger partial charge in [-0.2, -0.15) is 0 Å². The molecule has 2 heteroatoms. The van der Waals surface area contributed by atoms with Crippen LogP contribution in [0.3, 0.4) is 0 Å². The van der Waals surface area contributed by atoms with Crippen LogP contribution in [-0.2, 0) is 0 Å². The summed E-state index contributed by atoms with van der Waals surface area (Å²) in [7, 11) is 0. The second-order valence-corrected chi connectivity index (χ2v) is 4.02. The van der Waals surface area contributed by atoms with E-state index in [1.54, 1.807) is 0 Å². The lowest BCUT2D eigenvalue weighted by Crippen LogP contribution is -2.31. The topological polar surface area (TPSA) is 29.3 Å². The third-order valence-corrected chi connectivity index (χ3v) is 2.58. The molecule has 0 radical (unpaired) electrons. The van der Waals surface area contributed by atoms with Crippen molar-refractivity contribution in [3.63, 3.8) is 0 Å². The molecule has 1 aliphatic rings. The largest absolute Gasteiger partial charge is 0.328 e. The van der Waals surface area contributed by atoms with Crippen LogP contribution in [0.25, 0.3) is 0 Å². The van der Waals surface area contributed by atoms with Crippen molar-refractivity contribution in [2.45, 2.75) is 45.1 Å². The average Bonchev–Trinajstić information content (AvgIpc) is 2.05. The van der Waals surface area contributed by atoms with E-state index in [0.717, 1.165) is 0 Å². The van der Waals surface area contributed by atoms with Gasteiger partial charge in [-0.1, -0.05) is 6.42 Å². The zero-order valence-electron chi connectivity index (χ0n) is 8.26. The van der Waals surface area contributed by atoms with Crippen molar-refractivity contribution in [1.82, 2.24) is 4.90 Å². The summed E-state index contributed by atoms with van der Waals surface area (Å²) in [6.45, 7) is 6.00. The van der Waals surface area contributed by atoms with Gasteiger partial charge in [0.1, 0.15) is 0 Å². The lowest BCUT2D eigenvalue weighted by atomic mass is 10.1. The van der Waals surface area contributed by atoms with E-state index < -0.39 is 0 Å². The number of rotatable bonds is 4. The minimum Gasteiger partial charge on any atom is -0.328 e. The number of hydrogen-bond donors (Lipinski definition) is 1. The van der Waals surface area contributed by atoms with Crippen LogP contribution < -0.4 is 5.73 Å². The van der Waals surface area contributed by atoms with Gasteiger partial charge >= 0.3 is 0 Å². The molecule has 0 aliphatic carbocycles. The highest BCUT2D eigenvalue weighted by molar-refractivity contribution is 4.65. The molecule has 1 aliphatic heterocycles. The van der Waals surface area contributed by atoms with E-state index in [9.17, 15) is 0 Å². The van der Waals surface area contributed by atoms with Crippen LogP contribution >= 0.6 is 0 Å². The smallest absolute Gasteiger partial charge is 0.00109 e. The van der Waals surface area contributed by atoms with Crippen molar-refractivity contribution in [3.05, 3.63) is 0 Å². The predicted molar refractivity (Wildman–Crippen MR) is 53.2 cm³/mol. The first kappa shape index (κ1) is 10.0. The zero-order chi connectivity index (χ0) is 8.81. The van der Waals surface area contributed by atoms with Crippen LogP contribution in [0.1, 0.15) is 39.0 Å². The van der Waals surface area contributed by atoms with E-state index in [4.69, 9.17) is 5.73 Å². The third kappa shape index (κ3) is 4.07. The molecule has 0 spiro atoms. The highest BCUT2D eigenvalue weighted by Crippen LogP contribution is 2.09. The van der Waals surface area contributed by atoms with E-state index in [1.165, 1.54) is 51.7 Å². The molecule has 0 bridgehead atoms. The van der Waals surface area contributed by atoms with Crippen LogP contribution in [0.15, 0.2) is 0 Å². The summed E-state index contributed by atoms with van der Waals surface area (Å²) < 4.78 is 0. The number of piperidine rings is 1. The minimum absolute atomic E-state index is 0.384. The number of nitrogens with two attached hydrogens (primary N) is 1. The summed E-state index contributed by atoms with van der Waals surface area (Å²) in [6, 6.07) is 0.384. The van der Waals surface area contributed by atoms with Gasteiger partial charge in [0, 0.05) is 6.04 Å². The summed E-state index contributed by atoms with van der Waals surface area (Å²) in [5.41, 5.74) is 5.69. The minimum atomic E-state index is 0.384. The van der Waals surface area contributed by atoms with Crippen molar-refractivity contribution in [2.24, 2.45) is 5.73 Å². The van der Waals surface area contributed by atoms with Crippen molar-refractivity contribution >= 4 is 0 Å². The Morgan fingerprint density at radius 2 is 1.92 bits per heavy atom. The van der Waals surface area contributed by atoms with E-state index >= 15 is 0 Å². The monoisotopic (exact) mass is 170 g/mol. The molecule has 0 saturated carbocycles. The van der Waals surface area contributed by atoms with Gasteiger partial charge in [-0.05, 0) is 52.2 Å². The van der Waals surface area contributed by atoms with Crippen molar-refractivity contribution < 1.29 is 0 Å². The second-order valence-electron chi connectivity index (χ2n) is 4.02. The van der Waals surface area contributed by atoms with Gasteiger partial charge in [0.05, 0.1) is 0 Å². The van der Waals surface area contributed by atoms with Crippen LogP contribution in [0.4, 0.5) is 0 Å². The standard InChI is InChI=1S/C10H22N2/c1-10(11)6-5-9-12-7-3-2-4-8-12/h10H,2-9,11H2,1H3. The SMILES string of the molecule is CC(N)CCCN1CCCCC1. The lowest BCUT2D eigenvalue weighted by molar-refractivity contribution is 0.223. The van der Waals surface area contributed by atoms with Crippen molar-refractivity contribution in [1.29, 1.82) is 0 Å². The molecular weight excluding hydrogens is 148 g/mol. The van der Waals surface area contributed by atoms with E-state index in [1.807, 2.05) is 0 Å². The molecule has 0 aromatic heterocycles. The van der Waals surface area contributed by atoms with E-state index in [-0.39, 0.29) is 0 Å². The summed E-state index contributed by atoms with van der Waals surface area (Å²) in [6.07, 6.45) is 6.69. The quantitative estimate of drug-likeness (QED) is 0.694. The molecule has 1 saturated heterocycles. The lowest BCUT2D eigenvalue weighted by Gasteiger charge is -2.26. The molecule has 2 nitrogen and oxygen atoms in total. The van der Waals surface area contributed by atoms with Crippen LogP contribution in [0.2, 0.25) is 0 Å². The fourth-order valence-electron chi connectivity index (χ4n) is 1.82. The predicted octanol–water partition coefficient (Wildman–Crippen LogP) is 1.60. The Bertz CT molecular complexity index is 106. The molecule has 12 heavy (non-hydrogen) atoms. The summed E-state index contributed by atoms with van der Waals surface area (Å²) in [5, 5.41) is 0. The molecule has 0 amide bonds. The van der Waals surface area contributed by atoms with E-state index in [2.05, 4.69) is 11.8 Å². The van der Waals surface area contributed by atoms with Crippen LogP contribution in [0, 0.1) is 0 Å². The fourth-order valence-corrected chi connectivity index (χ4v) is 1.82.